The molecule has 0 fully saturated rings. The zero-order chi connectivity index (χ0) is 9.84. The highest BCUT2D eigenvalue weighted by molar-refractivity contribution is 5.76. The number of rotatable bonds is 3. The fraction of sp³-hybridized carbons (Fsp3) is 0.222. The molecule has 1 aromatic rings. The topological polar surface area (TPSA) is 26.3 Å². The van der Waals surface area contributed by atoms with E-state index in [1.807, 2.05) is 0 Å². The average Bonchev–Trinajstić information content (AvgIpc) is 2.16. The number of halogens is 2. The Morgan fingerprint density at radius 2 is 2.15 bits per heavy atom. The van der Waals surface area contributed by atoms with Gasteiger partial charge in [0.2, 0.25) is 6.29 Å². The molecule has 13 heavy (non-hydrogen) atoms. The van der Waals surface area contributed by atoms with E-state index < -0.39 is 6.43 Å². The van der Waals surface area contributed by atoms with Crippen LogP contribution >= 0.6 is 0 Å². The lowest BCUT2D eigenvalue weighted by molar-refractivity contribution is 0.147. The first-order valence-corrected chi connectivity index (χ1v) is 3.53. The minimum atomic E-state index is -2.65. The molecule has 4 heteroatoms. The zero-order valence-electron chi connectivity index (χ0n) is 6.88. The molecule has 0 aromatic heterocycles. The van der Waals surface area contributed by atoms with Gasteiger partial charge in [0.15, 0.2) is 0 Å². The number of ether oxygens (including phenoxy) is 1. The van der Waals surface area contributed by atoms with Crippen molar-refractivity contribution < 1.29 is 18.3 Å². The van der Waals surface area contributed by atoms with Crippen molar-refractivity contribution in [2.24, 2.45) is 0 Å². The van der Waals surface area contributed by atoms with Crippen molar-refractivity contribution in [1.82, 2.24) is 0 Å². The second-order valence-electron chi connectivity index (χ2n) is 2.36. The number of benzene rings is 1. The standard InChI is InChI=1S/C9H7F2O2/c1-13-8-3-2-6(5-12)4-7(8)9(10)11/h2-4,9H,1H3. The molecule has 1 rings (SSSR count). The van der Waals surface area contributed by atoms with Crippen molar-refractivity contribution in [1.29, 1.82) is 0 Å². The van der Waals surface area contributed by atoms with E-state index in [0.717, 1.165) is 6.07 Å². The Morgan fingerprint density at radius 1 is 1.46 bits per heavy atom. The van der Waals surface area contributed by atoms with Crippen molar-refractivity contribution in [2.45, 2.75) is 6.43 Å². The normalized spacial score (nSPS) is 10.2. The third-order valence-electron chi connectivity index (χ3n) is 1.58. The minimum Gasteiger partial charge on any atom is -0.496 e. The molecule has 1 radical (unpaired) electrons. The van der Waals surface area contributed by atoms with Crippen LogP contribution in [0.5, 0.6) is 5.75 Å². The second-order valence-corrected chi connectivity index (χ2v) is 2.36. The fourth-order valence-corrected chi connectivity index (χ4v) is 0.968. The molecule has 0 heterocycles. The van der Waals surface area contributed by atoms with Gasteiger partial charge in [-0.1, -0.05) is 0 Å². The van der Waals surface area contributed by atoms with Crippen LogP contribution in [0.1, 0.15) is 17.6 Å². The third kappa shape index (κ3) is 2.02. The van der Waals surface area contributed by atoms with Gasteiger partial charge < -0.3 is 4.74 Å². The van der Waals surface area contributed by atoms with Crippen LogP contribution in [0.2, 0.25) is 0 Å². The molecule has 0 amide bonds. The summed E-state index contributed by atoms with van der Waals surface area (Å²) >= 11 is 0. The van der Waals surface area contributed by atoms with Crippen molar-refractivity contribution >= 4 is 6.29 Å². The fourth-order valence-electron chi connectivity index (χ4n) is 0.968. The maximum absolute atomic E-state index is 12.3. The van der Waals surface area contributed by atoms with Crippen LogP contribution < -0.4 is 4.74 Å². The van der Waals surface area contributed by atoms with Gasteiger partial charge in [0, 0.05) is 5.56 Å². The molecule has 0 bridgehead atoms. The average molecular weight is 185 g/mol. The smallest absolute Gasteiger partial charge is 0.267 e. The maximum atomic E-state index is 12.3. The van der Waals surface area contributed by atoms with Gasteiger partial charge in [0.25, 0.3) is 6.43 Å². The summed E-state index contributed by atoms with van der Waals surface area (Å²) < 4.78 is 29.3. The van der Waals surface area contributed by atoms with Gasteiger partial charge in [0.1, 0.15) is 5.75 Å². The number of hydrogen-bond acceptors (Lipinski definition) is 2. The highest BCUT2D eigenvalue weighted by Gasteiger charge is 2.14. The summed E-state index contributed by atoms with van der Waals surface area (Å²) in [4.78, 5) is 10.2. The lowest BCUT2D eigenvalue weighted by Gasteiger charge is -2.06. The van der Waals surface area contributed by atoms with Gasteiger partial charge in [-0.05, 0) is 18.2 Å². The van der Waals surface area contributed by atoms with Gasteiger partial charge in [-0.25, -0.2) is 8.78 Å². The van der Waals surface area contributed by atoms with Crippen LogP contribution in [0.25, 0.3) is 0 Å². The Labute approximate surface area is 74.1 Å². The van der Waals surface area contributed by atoms with E-state index in [-0.39, 0.29) is 16.9 Å². The minimum absolute atomic E-state index is 0.0778. The van der Waals surface area contributed by atoms with Crippen LogP contribution in [0.4, 0.5) is 8.78 Å². The quantitative estimate of drug-likeness (QED) is 0.720. The van der Waals surface area contributed by atoms with Gasteiger partial charge in [-0.3, -0.25) is 4.79 Å². The monoisotopic (exact) mass is 185 g/mol. The van der Waals surface area contributed by atoms with E-state index >= 15 is 0 Å². The second kappa shape index (κ2) is 3.98. The van der Waals surface area contributed by atoms with Gasteiger partial charge in [-0.2, -0.15) is 0 Å². The molecule has 0 saturated heterocycles. The molecular formula is C9H7F2O2. The predicted molar refractivity (Wildman–Crippen MR) is 42.7 cm³/mol. The van der Waals surface area contributed by atoms with Crippen molar-refractivity contribution in [3.8, 4) is 5.75 Å². The van der Waals surface area contributed by atoms with Crippen LogP contribution in [0, 0.1) is 0 Å². The summed E-state index contributed by atoms with van der Waals surface area (Å²) in [6, 6.07) is 3.76. The Balaban J connectivity index is 3.17. The SMILES string of the molecule is COc1ccc([C]=O)cc1C(F)F. The summed E-state index contributed by atoms with van der Waals surface area (Å²) in [5.41, 5.74) is -0.195. The molecule has 2 nitrogen and oxygen atoms in total. The summed E-state index contributed by atoms with van der Waals surface area (Å²) in [5.74, 6) is 0.0778. The summed E-state index contributed by atoms with van der Waals surface area (Å²) in [5, 5.41) is 0. The zero-order valence-corrected chi connectivity index (χ0v) is 6.88. The largest absolute Gasteiger partial charge is 0.496 e. The van der Waals surface area contributed by atoms with E-state index in [9.17, 15) is 13.6 Å². The number of methoxy groups -OCH3 is 1. The highest BCUT2D eigenvalue weighted by Crippen LogP contribution is 2.29. The predicted octanol–water partition coefficient (Wildman–Crippen LogP) is 2.09. The molecule has 0 unspecified atom stereocenters. The molecule has 0 aliphatic rings. The molecule has 69 valence electrons. The van der Waals surface area contributed by atoms with Crippen molar-refractivity contribution in [3.63, 3.8) is 0 Å². The lowest BCUT2D eigenvalue weighted by atomic mass is 10.1. The molecule has 0 atom stereocenters. The van der Waals surface area contributed by atoms with Crippen LogP contribution in [-0.2, 0) is 4.79 Å². The summed E-state index contributed by atoms with van der Waals surface area (Å²) in [6.45, 7) is 0. The highest BCUT2D eigenvalue weighted by atomic mass is 19.3. The first-order chi connectivity index (χ1) is 6.19. The van der Waals surface area contributed by atoms with E-state index in [1.54, 1.807) is 0 Å². The molecule has 0 saturated carbocycles. The first-order valence-electron chi connectivity index (χ1n) is 3.53. The van der Waals surface area contributed by atoms with Crippen LogP contribution in [-0.4, -0.2) is 13.4 Å². The van der Waals surface area contributed by atoms with Gasteiger partial charge >= 0.3 is 0 Å². The molecule has 0 N–H and O–H groups in total. The van der Waals surface area contributed by atoms with Crippen molar-refractivity contribution in [3.05, 3.63) is 29.3 Å². The van der Waals surface area contributed by atoms with Crippen molar-refractivity contribution in [2.75, 3.05) is 7.11 Å². The Kier molecular flexibility index (Phi) is 2.95. The van der Waals surface area contributed by atoms with Crippen LogP contribution in [0.3, 0.4) is 0 Å². The Hall–Kier alpha value is -1.45. The lowest BCUT2D eigenvalue weighted by Crippen LogP contribution is -1.94. The first kappa shape index (κ1) is 9.64. The molecule has 0 spiro atoms. The molecular weight excluding hydrogens is 178 g/mol. The molecule has 0 aliphatic carbocycles. The van der Waals surface area contributed by atoms with E-state index in [2.05, 4.69) is 0 Å². The maximum Gasteiger partial charge on any atom is 0.267 e. The molecule has 1 aromatic carbocycles. The van der Waals surface area contributed by atoms with Gasteiger partial charge in [0.05, 0.1) is 12.7 Å². The number of carbonyl (C=O) groups excluding carboxylic acids is 1. The van der Waals surface area contributed by atoms with Gasteiger partial charge in [-0.15, -0.1) is 0 Å². The summed E-state index contributed by atoms with van der Waals surface area (Å²) in [6.07, 6.45) is -1.12. The van der Waals surface area contributed by atoms with Crippen LogP contribution in [0.15, 0.2) is 18.2 Å². The molecule has 0 aliphatic heterocycles. The number of alkyl halides is 2. The van der Waals surface area contributed by atoms with E-state index in [1.165, 1.54) is 25.5 Å². The Morgan fingerprint density at radius 3 is 2.62 bits per heavy atom. The summed E-state index contributed by atoms with van der Waals surface area (Å²) in [7, 11) is 1.30. The third-order valence-corrected chi connectivity index (χ3v) is 1.58. The number of hydrogen-bond donors (Lipinski definition) is 0. The van der Waals surface area contributed by atoms with E-state index in [0.29, 0.717) is 0 Å². The Bertz CT molecular complexity index is 310. The van der Waals surface area contributed by atoms with E-state index in [4.69, 9.17) is 4.74 Å².